The number of ether oxygens (including phenoxy) is 1. The van der Waals surface area contributed by atoms with Gasteiger partial charge in [0.2, 0.25) is 5.91 Å². The quantitative estimate of drug-likeness (QED) is 0.490. The minimum Gasteiger partial charge on any atom is -0.469 e. The summed E-state index contributed by atoms with van der Waals surface area (Å²) < 4.78 is 4.54. The van der Waals surface area contributed by atoms with Crippen molar-refractivity contribution in [3.05, 3.63) is 0 Å². The summed E-state index contributed by atoms with van der Waals surface area (Å²) in [5.74, 6) is -0.0981. The van der Waals surface area contributed by atoms with Crippen LogP contribution in [-0.2, 0) is 14.3 Å². The Hall–Kier alpha value is -0.810. The molecule has 5 nitrogen and oxygen atoms in total. The molecule has 2 N–H and O–H groups in total. The second-order valence-electron chi connectivity index (χ2n) is 4.14. The van der Waals surface area contributed by atoms with Crippen molar-refractivity contribution in [1.29, 1.82) is 0 Å². The lowest BCUT2D eigenvalue weighted by Crippen LogP contribution is -2.34. The molecule has 0 spiro atoms. The molecular formula is C12H25ClN2O3. The number of hydrogen-bond acceptors (Lipinski definition) is 4. The SMILES string of the molecule is CNCC(C)C(=O)NCCCCCC(=O)OC.Cl. The number of hydrogen-bond donors (Lipinski definition) is 2. The molecule has 108 valence electrons. The van der Waals surface area contributed by atoms with Crippen molar-refractivity contribution >= 4 is 24.3 Å². The van der Waals surface area contributed by atoms with Crippen LogP contribution in [0.1, 0.15) is 32.6 Å². The Morgan fingerprint density at radius 2 is 1.89 bits per heavy atom. The van der Waals surface area contributed by atoms with E-state index in [0.29, 0.717) is 19.5 Å². The number of esters is 1. The molecular weight excluding hydrogens is 256 g/mol. The van der Waals surface area contributed by atoms with Gasteiger partial charge in [0.1, 0.15) is 0 Å². The topological polar surface area (TPSA) is 67.4 Å². The van der Waals surface area contributed by atoms with Gasteiger partial charge in [-0.05, 0) is 19.9 Å². The molecule has 0 saturated heterocycles. The van der Waals surface area contributed by atoms with Crippen LogP contribution in [0.4, 0.5) is 0 Å². The molecule has 0 heterocycles. The number of unbranched alkanes of at least 4 members (excludes halogenated alkanes) is 2. The predicted octanol–water partition coefficient (Wildman–Crippen LogP) is 1.11. The van der Waals surface area contributed by atoms with Crippen molar-refractivity contribution in [3.63, 3.8) is 0 Å². The fraction of sp³-hybridized carbons (Fsp3) is 0.833. The first-order valence-corrected chi connectivity index (χ1v) is 6.11. The van der Waals surface area contributed by atoms with Crippen molar-refractivity contribution in [2.24, 2.45) is 5.92 Å². The van der Waals surface area contributed by atoms with Gasteiger partial charge in [-0.25, -0.2) is 0 Å². The summed E-state index contributed by atoms with van der Waals surface area (Å²) in [6.45, 7) is 3.26. The van der Waals surface area contributed by atoms with E-state index in [9.17, 15) is 9.59 Å². The zero-order valence-electron chi connectivity index (χ0n) is 11.5. The molecule has 0 radical (unpaired) electrons. The van der Waals surface area contributed by atoms with E-state index >= 15 is 0 Å². The Kier molecular flexibility index (Phi) is 13.7. The normalized spacial score (nSPS) is 11.3. The molecule has 1 atom stereocenters. The standard InChI is InChI=1S/C12H24N2O3.ClH/c1-10(9-13-2)12(16)14-8-6-4-5-7-11(15)17-3;/h10,13H,4-9H2,1-3H3,(H,14,16);1H. The molecule has 0 fully saturated rings. The maximum atomic E-state index is 11.5. The molecule has 6 heteroatoms. The van der Waals surface area contributed by atoms with Crippen molar-refractivity contribution < 1.29 is 14.3 Å². The Balaban J connectivity index is 0. The highest BCUT2D eigenvalue weighted by Crippen LogP contribution is 2.00. The van der Waals surface area contributed by atoms with E-state index in [4.69, 9.17) is 0 Å². The van der Waals surface area contributed by atoms with E-state index in [2.05, 4.69) is 15.4 Å². The molecule has 18 heavy (non-hydrogen) atoms. The molecule has 0 bridgehead atoms. The second-order valence-corrected chi connectivity index (χ2v) is 4.14. The molecule has 0 aromatic heterocycles. The lowest BCUT2D eigenvalue weighted by molar-refractivity contribution is -0.140. The third-order valence-electron chi connectivity index (χ3n) is 2.54. The third kappa shape index (κ3) is 10.4. The molecule has 0 aliphatic rings. The van der Waals surface area contributed by atoms with Gasteiger partial charge >= 0.3 is 5.97 Å². The molecule has 0 saturated carbocycles. The number of nitrogens with one attached hydrogen (secondary N) is 2. The zero-order valence-corrected chi connectivity index (χ0v) is 12.3. The summed E-state index contributed by atoms with van der Waals surface area (Å²) in [5.41, 5.74) is 0. The van der Waals surface area contributed by atoms with Crippen LogP contribution in [0, 0.1) is 5.92 Å². The largest absolute Gasteiger partial charge is 0.469 e. The van der Waals surface area contributed by atoms with Gasteiger partial charge in [0, 0.05) is 25.4 Å². The van der Waals surface area contributed by atoms with Crippen LogP contribution in [-0.4, -0.2) is 39.1 Å². The Morgan fingerprint density at radius 1 is 1.22 bits per heavy atom. The van der Waals surface area contributed by atoms with E-state index in [1.165, 1.54) is 7.11 Å². The van der Waals surface area contributed by atoms with Crippen molar-refractivity contribution in [1.82, 2.24) is 10.6 Å². The Labute approximate surface area is 115 Å². The summed E-state index contributed by atoms with van der Waals surface area (Å²) in [7, 11) is 3.22. The first-order chi connectivity index (χ1) is 8.11. The summed E-state index contributed by atoms with van der Waals surface area (Å²) in [6, 6.07) is 0. The molecule has 0 rings (SSSR count). The van der Waals surface area contributed by atoms with Crippen LogP contribution in [0.15, 0.2) is 0 Å². The maximum Gasteiger partial charge on any atom is 0.305 e. The zero-order chi connectivity index (χ0) is 13.1. The minimum atomic E-state index is -0.170. The Morgan fingerprint density at radius 3 is 2.44 bits per heavy atom. The summed E-state index contributed by atoms with van der Waals surface area (Å²) in [5, 5.41) is 5.84. The van der Waals surface area contributed by atoms with Crippen molar-refractivity contribution in [3.8, 4) is 0 Å². The highest BCUT2D eigenvalue weighted by Gasteiger charge is 2.10. The van der Waals surface area contributed by atoms with E-state index in [-0.39, 0.29) is 30.2 Å². The summed E-state index contributed by atoms with van der Waals surface area (Å²) >= 11 is 0. The van der Waals surface area contributed by atoms with Gasteiger partial charge in [0.15, 0.2) is 0 Å². The van der Waals surface area contributed by atoms with E-state index in [1.54, 1.807) is 0 Å². The number of carbonyl (C=O) groups excluding carboxylic acids is 2. The average molecular weight is 281 g/mol. The molecule has 1 unspecified atom stereocenters. The molecule has 0 aromatic carbocycles. The number of methoxy groups -OCH3 is 1. The van der Waals surface area contributed by atoms with E-state index < -0.39 is 0 Å². The van der Waals surface area contributed by atoms with Gasteiger partial charge in [-0.2, -0.15) is 0 Å². The van der Waals surface area contributed by atoms with Crippen LogP contribution >= 0.6 is 12.4 Å². The van der Waals surface area contributed by atoms with Gasteiger partial charge in [0.25, 0.3) is 0 Å². The minimum absolute atomic E-state index is 0. The van der Waals surface area contributed by atoms with Crippen LogP contribution < -0.4 is 10.6 Å². The molecule has 0 aliphatic carbocycles. The van der Waals surface area contributed by atoms with Crippen LogP contribution in [0.2, 0.25) is 0 Å². The van der Waals surface area contributed by atoms with Crippen molar-refractivity contribution in [2.45, 2.75) is 32.6 Å². The van der Waals surface area contributed by atoms with Crippen LogP contribution in [0.25, 0.3) is 0 Å². The third-order valence-corrected chi connectivity index (χ3v) is 2.54. The lowest BCUT2D eigenvalue weighted by Gasteiger charge is -2.11. The molecule has 0 aliphatic heterocycles. The number of amides is 1. The van der Waals surface area contributed by atoms with Crippen molar-refractivity contribution in [2.75, 3.05) is 27.2 Å². The number of halogens is 1. The van der Waals surface area contributed by atoms with Gasteiger partial charge in [-0.1, -0.05) is 13.3 Å². The Bertz CT molecular complexity index is 237. The molecule has 1 amide bonds. The van der Waals surface area contributed by atoms with E-state index in [0.717, 1.165) is 19.3 Å². The fourth-order valence-electron chi connectivity index (χ4n) is 1.46. The van der Waals surface area contributed by atoms with Gasteiger partial charge < -0.3 is 15.4 Å². The molecule has 0 aromatic rings. The first kappa shape index (κ1) is 19.5. The van der Waals surface area contributed by atoms with E-state index in [1.807, 2.05) is 14.0 Å². The highest BCUT2D eigenvalue weighted by atomic mass is 35.5. The maximum absolute atomic E-state index is 11.5. The lowest BCUT2D eigenvalue weighted by atomic mass is 10.1. The predicted molar refractivity (Wildman–Crippen MR) is 73.8 cm³/mol. The number of rotatable bonds is 9. The monoisotopic (exact) mass is 280 g/mol. The first-order valence-electron chi connectivity index (χ1n) is 6.11. The van der Waals surface area contributed by atoms with Gasteiger partial charge in [0.05, 0.1) is 7.11 Å². The van der Waals surface area contributed by atoms with Gasteiger partial charge in [-0.15, -0.1) is 12.4 Å². The number of carbonyl (C=O) groups is 2. The van der Waals surface area contributed by atoms with Crippen LogP contribution in [0.5, 0.6) is 0 Å². The fourth-order valence-corrected chi connectivity index (χ4v) is 1.46. The smallest absolute Gasteiger partial charge is 0.305 e. The van der Waals surface area contributed by atoms with Crippen LogP contribution in [0.3, 0.4) is 0 Å². The summed E-state index contributed by atoms with van der Waals surface area (Å²) in [4.78, 5) is 22.3. The highest BCUT2D eigenvalue weighted by molar-refractivity contribution is 5.85. The summed E-state index contributed by atoms with van der Waals surface area (Å²) in [6.07, 6.45) is 3.10. The average Bonchev–Trinajstić information content (AvgIpc) is 2.33. The second kappa shape index (κ2) is 12.6. The van der Waals surface area contributed by atoms with Gasteiger partial charge in [-0.3, -0.25) is 9.59 Å².